The molecule has 2 N–H and O–H groups in total. The molecule has 0 bridgehead atoms. The number of pyridine rings is 1. The Kier molecular flexibility index (Phi) is 5.07. The zero-order valence-electron chi connectivity index (χ0n) is 12.3. The lowest BCUT2D eigenvalue weighted by Gasteiger charge is -2.34. The van der Waals surface area contributed by atoms with Gasteiger partial charge in [0.25, 0.3) is 0 Å². The number of carbonyl (C=O) groups excluding carboxylic acids is 1. The maximum atomic E-state index is 12.1. The van der Waals surface area contributed by atoms with Gasteiger partial charge in [0, 0.05) is 25.5 Å². The van der Waals surface area contributed by atoms with Crippen LogP contribution in [0.2, 0.25) is 0 Å². The lowest BCUT2D eigenvalue weighted by atomic mass is 10.0. The van der Waals surface area contributed by atoms with E-state index in [0.29, 0.717) is 13.1 Å². The van der Waals surface area contributed by atoms with Gasteiger partial charge < -0.3 is 15.3 Å². The van der Waals surface area contributed by atoms with Gasteiger partial charge in [0.15, 0.2) is 0 Å². The van der Waals surface area contributed by atoms with E-state index in [0.717, 1.165) is 11.1 Å². The van der Waals surface area contributed by atoms with E-state index in [9.17, 15) is 14.7 Å². The predicted molar refractivity (Wildman–Crippen MR) is 75.3 cm³/mol. The normalized spacial score (nSPS) is 11.0. The molecule has 1 aromatic heterocycles. The first-order valence-electron chi connectivity index (χ1n) is 6.49. The summed E-state index contributed by atoms with van der Waals surface area (Å²) in [7, 11) is 0. The van der Waals surface area contributed by atoms with Crippen molar-refractivity contribution in [1.82, 2.24) is 15.2 Å². The molecule has 0 spiro atoms. The summed E-state index contributed by atoms with van der Waals surface area (Å²) in [5.74, 6) is -1.03. The van der Waals surface area contributed by atoms with Crippen LogP contribution in [0.15, 0.2) is 18.5 Å². The molecule has 2 amide bonds. The van der Waals surface area contributed by atoms with Crippen molar-refractivity contribution in [2.75, 3.05) is 6.54 Å². The highest BCUT2D eigenvalue weighted by Crippen LogP contribution is 2.15. The van der Waals surface area contributed by atoms with Gasteiger partial charge in [-0.2, -0.15) is 0 Å². The fourth-order valence-electron chi connectivity index (χ4n) is 1.88. The van der Waals surface area contributed by atoms with Crippen LogP contribution in [0.5, 0.6) is 0 Å². The smallest absolute Gasteiger partial charge is 0.329 e. The zero-order valence-corrected chi connectivity index (χ0v) is 12.3. The van der Waals surface area contributed by atoms with E-state index in [1.165, 1.54) is 18.7 Å². The highest BCUT2D eigenvalue weighted by atomic mass is 16.4. The van der Waals surface area contributed by atoms with Gasteiger partial charge >= 0.3 is 12.0 Å². The summed E-state index contributed by atoms with van der Waals surface area (Å²) >= 11 is 0. The Morgan fingerprint density at radius 2 is 2.10 bits per heavy atom. The molecular weight excluding hydrogens is 258 g/mol. The van der Waals surface area contributed by atoms with Gasteiger partial charge in [-0.15, -0.1) is 0 Å². The van der Waals surface area contributed by atoms with Crippen LogP contribution in [0.4, 0.5) is 4.79 Å². The number of aromatic nitrogens is 1. The second-order valence-electron chi connectivity index (χ2n) is 5.07. The molecule has 6 heteroatoms. The van der Waals surface area contributed by atoms with Gasteiger partial charge in [-0.05, 0) is 44.9 Å². The number of rotatable bonds is 5. The summed E-state index contributed by atoms with van der Waals surface area (Å²) in [6.45, 7) is 7.35. The van der Waals surface area contributed by atoms with Gasteiger partial charge in [-0.25, -0.2) is 9.59 Å². The Balaban J connectivity index is 2.75. The molecule has 0 saturated heterocycles. The molecule has 0 fully saturated rings. The SMILES string of the molecule is CCN(C(=O)NCc1ccncc1C)C(C)(C)C(=O)O. The van der Waals surface area contributed by atoms with Crippen LogP contribution < -0.4 is 5.32 Å². The maximum Gasteiger partial charge on any atom is 0.329 e. The van der Waals surface area contributed by atoms with Crippen molar-refractivity contribution in [2.24, 2.45) is 0 Å². The first-order valence-corrected chi connectivity index (χ1v) is 6.49. The van der Waals surface area contributed by atoms with Gasteiger partial charge in [0.1, 0.15) is 5.54 Å². The predicted octanol–water partition coefficient (Wildman–Crippen LogP) is 1.78. The summed E-state index contributed by atoms with van der Waals surface area (Å²) in [6, 6.07) is 1.44. The van der Waals surface area contributed by atoms with Crippen LogP contribution in [0, 0.1) is 6.92 Å². The van der Waals surface area contributed by atoms with Gasteiger partial charge in [0.05, 0.1) is 0 Å². The van der Waals surface area contributed by atoms with Gasteiger partial charge in [-0.1, -0.05) is 0 Å². The molecule has 0 unspecified atom stereocenters. The Morgan fingerprint density at radius 3 is 2.60 bits per heavy atom. The van der Waals surface area contributed by atoms with Crippen molar-refractivity contribution in [3.05, 3.63) is 29.6 Å². The number of amides is 2. The van der Waals surface area contributed by atoms with E-state index in [1.54, 1.807) is 19.3 Å². The van der Waals surface area contributed by atoms with Crippen LogP contribution in [0.25, 0.3) is 0 Å². The van der Waals surface area contributed by atoms with Crippen LogP contribution in [0.1, 0.15) is 31.9 Å². The number of carboxylic acid groups (broad SMARTS) is 1. The van der Waals surface area contributed by atoms with Crippen molar-refractivity contribution in [3.8, 4) is 0 Å². The van der Waals surface area contributed by atoms with E-state index in [1.807, 2.05) is 13.0 Å². The Labute approximate surface area is 118 Å². The number of hydrogen-bond acceptors (Lipinski definition) is 3. The lowest BCUT2D eigenvalue weighted by molar-refractivity contribution is -0.147. The van der Waals surface area contributed by atoms with E-state index < -0.39 is 17.5 Å². The lowest BCUT2D eigenvalue weighted by Crippen LogP contribution is -2.55. The van der Waals surface area contributed by atoms with Gasteiger partial charge in [0.2, 0.25) is 0 Å². The number of urea groups is 1. The quantitative estimate of drug-likeness (QED) is 0.860. The number of aliphatic carboxylic acids is 1. The summed E-state index contributed by atoms with van der Waals surface area (Å²) < 4.78 is 0. The molecule has 0 atom stereocenters. The molecule has 0 aromatic carbocycles. The Bertz CT molecular complexity index is 500. The fourth-order valence-corrected chi connectivity index (χ4v) is 1.88. The third-order valence-corrected chi connectivity index (χ3v) is 3.33. The largest absolute Gasteiger partial charge is 0.480 e. The second kappa shape index (κ2) is 6.36. The average Bonchev–Trinajstić information content (AvgIpc) is 2.38. The first-order chi connectivity index (χ1) is 9.30. The van der Waals surface area contributed by atoms with Gasteiger partial charge in [-0.3, -0.25) is 4.98 Å². The standard InChI is InChI=1S/C14H21N3O3/c1-5-17(14(3,4)12(18)19)13(20)16-9-11-6-7-15-8-10(11)2/h6-8H,5,9H2,1-4H3,(H,16,20)(H,18,19). The highest BCUT2D eigenvalue weighted by molar-refractivity contribution is 5.85. The summed E-state index contributed by atoms with van der Waals surface area (Å²) in [4.78, 5) is 28.7. The van der Waals surface area contributed by atoms with E-state index >= 15 is 0 Å². The first kappa shape index (κ1) is 15.9. The van der Waals surface area contributed by atoms with Crippen molar-refractivity contribution in [1.29, 1.82) is 0 Å². The van der Waals surface area contributed by atoms with Crippen molar-refractivity contribution >= 4 is 12.0 Å². The molecule has 0 aliphatic rings. The van der Waals surface area contributed by atoms with E-state index in [4.69, 9.17) is 0 Å². The van der Waals surface area contributed by atoms with Crippen molar-refractivity contribution in [3.63, 3.8) is 0 Å². The van der Waals surface area contributed by atoms with Crippen LogP contribution >= 0.6 is 0 Å². The molecule has 0 saturated carbocycles. The topological polar surface area (TPSA) is 82.5 Å². The molecule has 110 valence electrons. The second-order valence-corrected chi connectivity index (χ2v) is 5.07. The van der Waals surface area contributed by atoms with E-state index in [-0.39, 0.29) is 0 Å². The number of hydrogen-bond donors (Lipinski definition) is 2. The van der Waals surface area contributed by atoms with Crippen LogP contribution in [0.3, 0.4) is 0 Å². The third kappa shape index (κ3) is 3.46. The summed E-state index contributed by atoms with van der Waals surface area (Å²) in [5, 5.41) is 11.9. The summed E-state index contributed by atoms with van der Waals surface area (Å²) in [5.41, 5.74) is 0.692. The minimum Gasteiger partial charge on any atom is -0.480 e. The fraction of sp³-hybridized carbons (Fsp3) is 0.500. The number of carbonyl (C=O) groups is 2. The van der Waals surface area contributed by atoms with Crippen LogP contribution in [-0.4, -0.2) is 39.1 Å². The molecular formula is C14H21N3O3. The minimum absolute atomic E-state index is 0.320. The molecule has 20 heavy (non-hydrogen) atoms. The zero-order chi connectivity index (χ0) is 15.3. The Morgan fingerprint density at radius 1 is 1.45 bits per heavy atom. The van der Waals surface area contributed by atoms with Crippen molar-refractivity contribution in [2.45, 2.75) is 39.8 Å². The Hall–Kier alpha value is -2.11. The summed E-state index contributed by atoms with van der Waals surface area (Å²) in [6.07, 6.45) is 3.38. The average molecular weight is 279 g/mol. The molecule has 1 rings (SSSR count). The van der Waals surface area contributed by atoms with E-state index in [2.05, 4.69) is 10.3 Å². The molecule has 6 nitrogen and oxygen atoms in total. The highest BCUT2D eigenvalue weighted by Gasteiger charge is 2.36. The molecule has 1 heterocycles. The number of nitrogens with one attached hydrogen (secondary N) is 1. The number of nitrogens with zero attached hydrogens (tertiary/aromatic N) is 2. The monoisotopic (exact) mass is 279 g/mol. The molecule has 0 radical (unpaired) electrons. The molecule has 1 aromatic rings. The number of likely N-dealkylation sites (N-methyl/N-ethyl adjacent to an activating group) is 1. The minimum atomic E-state index is -1.24. The number of aryl methyl sites for hydroxylation is 1. The van der Waals surface area contributed by atoms with Crippen LogP contribution in [-0.2, 0) is 11.3 Å². The van der Waals surface area contributed by atoms with Crippen molar-refractivity contribution < 1.29 is 14.7 Å². The third-order valence-electron chi connectivity index (χ3n) is 3.33. The molecule has 0 aliphatic heterocycles. The maximum absolute atomic E-state index is 12.1. The molecule has 0 aliphatic carbocycles. The number of carboxylic acids is 1.